The smallest absolute Gasteiger partial charge is 0.190 e. The molecule has 0 amide bonds. The number of sulfone groups is 1. The topological polar surface area (TPSA) is 40.6 Å². The van der Waals surface area contributed by atoms with Gasteiger partial charge in [-0.2, -0.15) is 0 Å². The van der Waals surface area contributed by atoms with E-state index in [1.807, 2.05) is 43.3 Å². The van der Waals surface area contributed by atoms with Gasteiger partial charge in [0.05, 0.1) is 10.4 Å². The zero-order chi connectivity index (χ0) is 19.4. The van der Waals surface area contributed by atoms with E-state index in [1.165, 1.54) is 0 Å². The number of hydrogen-bond donors (Lipinski definition) is 0. The molecule has 0 radical (unpaired) electrons. The van der Waals surface area contributed by atoms with E-state index in [9.17, 15) is 8.42 Å². The molecular formula is C21H25ClN2O2S. The molecule has 2 heterocycles. The van der Waals surface area contributed by atoms with Crippen molar-refractivity contribution in [3.05, 3.63) is 64.7 Å². The predicted molar refractivity (Wildman–Crippen MR) is 109 cm³/mol. The lowest BCUT2D eigenvalue weighted by atomic mass is 9.74. The van der Waals surface area contributed by atoms with Crippen LogP contribution in [-0.2, 0) is 20.1 Å². The molecular weight excluding hydrogens is 380 g/mol. The Kier molecular flexibility index (Phi) is 4.43. The van der Waals surface area contributed by atoms with Crippen LogP contribution in [-0.4, -0.2) is 51.4 Å². The van der Waals surface area contributed by atoms with Crippen molar-refractivity contribution in [3.8, 4) is 0 Å². The van der Waals surface area contributed by atoms with Gasteiger partial charge in [-0.3, -0.25) is 4.90 Å². The van der Waals surface area contributed by atoms with E-state index in [0.717, 1.165) is 37.3 Å². The van der Waals surface area contributed by atoms with Crippen LogP contribution in [0.15, 0.2) is 53.4 Å². The highest BCUT2D eigenvalue weighted by atomic mass is 35.5. The van der Waals surface area contributed by atoms with Crippen LogP contribution < -0.4 is 0 Å². The molecule has 1 fully saturated rings. The van der Waals surface area contributed by atoms with Crippen molar-refractivity contribution in [1.29, 1.82) is 0 Å². The Balaban J connectivity index is 2.02. The fourth-order valence-electron chi connectivity index (χ4n) is 4.77. The Morgan fingerprint density at radius 1 is 0.963 bits per heavy atom. The quantitative estimate of drug-likeness (QED) is 0.768. The Hall–Kier alpha value is -1.40. The van der Waals surface area contributed by atoms with E-state index in [4.69, 9.17) is 11.6 Å². The minimum atomic E-state index is -3.60. The maximum Gasteiger partial charge on any atom is 0.190 e. The van der Waals surface area contributed by atoms with Crippen LogP contribution in [0.4, 0.5) is 0 Å². The fraction of sp³-hybridized carbons (Fsp3) is 0.429. The highest BCUT2D eigenvalue weighted by Crippen LogP contribution is 2.59. The average Bonchev–Trinajstić information content (AvgIpc) is 2.80. The van der Waals surface area contributed by atoms with Gasteiger partial charge in [-0.15, -0.1) is 0 Å². The number of benzene rings is 2. The second-order valence-electron chi connectivity index (χ2n) is 7.91. The van der Waals surface area contributed by atoms with Gasteiger partial charge in [0.2, 0.25) is 0 Å². The number of rotatable bonds is 2. The van der Waals surface area contributed by atoms with Gasteiger partial charge < -0.3 is 4.90 Å². The Morgan fingerprint density at radius 3 is 2.22 bits per heavy atom. The molecule has 2 aromatic rings. The maximum absolute atomic E-state index is 13.9. The van der Waals surface area contributed by atoms with E-state index in [1.54, 1.807) is 12.1 Å². The molecule has 2 atom stereocenters. The standard InChI is InChI=1S/C21H25ClN2O2S/c1-20(24-13-11-23(3)12-14-24)18-15-17(22)9-10-19(18)27(25,26)21(20,2)16-7-5-4-6-8-16/h4-10,15H,11-14H2,1-3H3. The van der Waals surface area contributed by atoms with Gasteiger partial charge in [0, 0.05) is 31.2 Å². The summed E-state index contributed by atoms with van der Waals surface area (Å²) in [4.78, 5) is 5.02. The number of hydrogen-bond acceptors (Lipinski definition) is 4. The zero-order valence-electron chi connectivity index (χ0n) is 15.9. The first-order chi connectivity index (χ1) is 12.7. The van der Waals surface area contributed by atoms with Gasteiger partial charge in [0.1, 0.15) is 4.75 Å². The Labute approximate surface area is 166 Å². The summed E-state index contributed by atoms with van der Waals surface area (Å²) >= 11 is 6.32. The summed E-state index contributed by atoms with van der Waals surface area (Å²) in [7, 11) is -1.50. The van der Waals surface area contributed by atoms with Gasteiger partial charge in [-0.1, -0.05) is 41.9 Å². The third-order valence-electron chi connectivity index (χ3n) is 6.68. The molecule has 2 aliphatic heterocycles. The second kappa shape index (κ2) is 6.31. The van der Waals surface area contributed by atoms with Crippen molar-refractivity contribution >= 4 is 21.4 Å². The number of piperazine rings is 1. The van der Waals surface area contributed by atoms with E-state index < -0.39 is 20.1 Å². The van der Waals surface area contributed by atoms with E-state index >= 15 is 0 Å². The minimum absolute atomic E-state index is 0.402. The highest BCUT2D eigenvalue weighted by molar-refractivity contribution is 7.92. The molecule has 27 heavy (non-hydrogen) atoms. The van der Waals surface area contributed by atoms with Gasteiger partial charge in [0.25, 0.3) is 0 Å². The first kappa shape index (κ1) is 18.9. The van der Waals surface area contributed by atoms with Gasteiger partial charge >= 0.3 is 0 Å². The van der Waals surface area contributed by atoms with Crippen LogP contribution in [0.3, 0.4) is 0 Å². The van der Waals surface area contributed by atoms with Crippen LogP contribution >= 0.6 is 11.6 Å². The number of halogens is 1. The van der Waals surface area contributed by atoms with Gasteiger partial charge in [-0.05, 0) is 50.2 Å². The molecule has 6 heteroatoms. The summed E-state index contributed by atoms with van der Waals surface area (Å²) in [5, 5.41) is 0.571. The molecule has 0 N–H and O–H groups in total. The number of fused-ring (bicyclic) bond motifs is 1. The van der Waals surface area contributed by atoms with Crippen LogP contribution in [0.2, 0.25) is 5.02 Å². The molecule has 0 aromatic heterocycles. The minimum Gasteiger partial charge on any atom is -0.304 e. The van der Waals surface area contributed by atoms with Gasteiger partial charge in [0.15, 0.2) is 9.84 Å². The molecule has 4 nitrogen and oxygen atoms in total. The van der Waals surface area contributed by atoms with E-state index in [-0.39, 0.29) is 0 Å². The van der Waals surface area contributed by atoms with Crippen molar-refractivity contribution in [2.75, 3.05) is 33.2 Å². The normalized spacial score (nSPS) is 31.0. The largest absolute Gasteiger partial charge is 0.304 e. The number of likely N-dealkylation sites (N-methyl/N-ethyl adjacent to an activating group) is 1. The van der Waals surface area contributed by atoms with Crippen molar-refractivity contribution in [3.63, 3.8) is 0 Å². The molecule has 4 rings (SSSR count). The van der Waals surface area contributed by atoms with E-state index in [0.29, 0.717) is 9.92 Å². The molecule has 0 aliphatic carbocycles. The van der Waals surface area contributed by atoms with Crippen molar-refractivity contribution in [1.82, 2.24) is 9.80 Å². The summed E-state index contributed by atoms with van der Waals surface area (Å²) in [6.45, 7) is 7.41. The molecule has 0 saturated carbocycles. The second-order valence-corrected chi connectivity index (χ2v) is 10.6. The van der Waals surface area contributed by atoms with Crippen molar-refractivity contribution < 1.29 is 8.42 Å². The lowest BCUT2D eigenvalue weighted by Crippen LogP contribution is -2.60. The summed E-state index contributed by atoms with van der Waals surface area (Å²) in [5.74, 6) is 0. The molecule has 144 valence electrons. The highest BCUT2D eigenvalue weighted by Gasteiger charge is 2.65. The third-order valence-corrected chi connectivity index (χ3v) is 9.56. The van der Waals surface area contributed by atoms with Gasteiger partial charge in [-0.25, -0.2) is 8.42 Å². The summed E-state index contributed by atoms with van der Waals surface area (Å²) < 4.78 is 26.6. The maximum atomic E-state index is 13.9. The summed E-state index contributed by atoms with van der Waals surface area (Å²) in [6.07, 6.45) is 0. The molecule has 2 unspecified atom stereocenters. The van der Waals surface area contributed by atoms with Crippen LogP contribution in [0.25, 0.3) is 0 Å². The van der Waals surface area contributed by atoms with Crippen molar-refractivity contribution in [2.45, 2.75) is 29.0 Å². The zero-order valence-corrected chi connectivity index (χ0v) is 17.5. The average molecular weight is 405 g/mol. The van der Waals surface area contributed by atoms with Crippen molar-refractivity contribution in [2.24, 2.45) is 0 Å². The van der Waals surface area contributed by atoms with E-state index in [2.05, 4.69) is 23.8 Å². The Bertz CT molecular complexity index is 971. The first-order valence-corrected chi connectivity index (χ1v) is 11.1. The first-order valence-electron chi connectivity index (χ1n) is 9.27. The summed E-state index contributed by atoms with van der Waals surface area (Å²) in [5.41, 5.74) is 0.930. The molecule has 2 aromatic carbocycles. The molecule has 0 bridgehead atoms. The molecule has 2 aliphatic rings. The number of nitrogens with zero attached hydrogens (tertiary/aromatic N) is 2. The SMILES string of the molecule is CN1CCN(C2(C)c3cc(Cl)ccc3S(=O)(=O)C2(C)c2ccccc2)CC1. The predicted octanol–water partition coefficient (Wildman–Crippen LogP) is 3.51. The molecule has 0 spiro atoms. The Morgan fingerprint density at radius 2 is 1.59 bits per heavy atom. The fourth-order valence-corrected chi connectivity index (χ4v) is 7.39. The third kappa shape index (κ3) is 2.45. The molecule has 1 saturated heterocycles. The van der Waals surface area contributed by atoms with Crippen LogP contribution in [0, 0.1) is 0 Å². The lowest BCUT2D eigenvalue weighted by Gasteiger charge is -2.50. The lowest BCUT2D eigenvalue weighted by molar-refractivity contribution is 0.0235. The van der Waals surface area contributed by atoms with Crippen LogP contribution in [0.5, 0.6) is 0 Å². The van der Waals surface area contributed by atoms with Crippen LogP contribution in [0.1, 0.15) is 25.0 Å². The summed E-state index contributed by atoms with van der Waals surface area (Å²) in [6, 6.07) is 14.8. The monoisotopic (exact) mass is 404 g/mol.